The van der Waals surface area contributed by atoms with Gasteiger partial charge in [-0.25, -0.2) is 0 Å². The first-order chi connectivity index (χ1) is 10.1. The third-order valence-corrected chi connectivity index (χ3v) is 3.81. The molecule has 1 saturated carbocycles. The van der Waals surface area contributed by atoms with Gasteiger partial charge in [-0.15, -0.1) is 0 Å². The number of hydrogen-bond acceptors (Lipinski definition) is 3. The number of benzene rings is 2. The SMILES string of the molecule is CN(C)c1ccc(C(N)c2cccc(OC3CC3)c2)cc1. The van der Waals surface area contributed by atoms with Crippen LogP contribution in [0.25, 0.3) is 0 Å². The maximum absolute atomic E-state index is 6.39. The molecule has 1 atom stereocenters. The van der Waals surface area contributed by atoms with E-state index in [1.54, 1.807) is 0 Å². The summed E-state index contributed by atoms with van der Waals surface area (Å²) in [6.45, 7) is 0. The van der Waals surface area contributed by atoms with Gasteiger partial charge in [0.15, 0.2) is 0 Å². The molecule has 21 heavy (non-hydrogen) atoms. The Morgan fingerprint density at radius 3 is 2.38 bits per heavy atom. The highest BCUT2D eigenvalue weighted by molar-refractivity contribution is 5.48. The van der Waals surface area contributed by atoms with Crippen LogP contribution in [0.3, 0.4) is 0 Å². The minimum atomic E-state index is -0.121. The minimum absolute atomic E-state index is 0.121. The maximum Gasteiger partial charge on any atom is 0.120 e. The zero-order chi connectivity index (χ0) is 14.8. The van der Waals surface area contributed by atoms with Crippen molar-refractivity contribution in [2.45, 2.75) is 25.0 Å². The summed E-state index contributed by atoms with van der Waals surface area (Å²) in [4.78, 5) is 2.08. The van der Waals surface area contributed by atoms with Gasteiger partial charge in [0.2, 0.25) is 0 Å². The molecule has 0 aromatic heterocycles. The van der Waals surface area contributed by atoms with E-state index in [9.17, 15) is 0 Å². The molecular formula is C18H22N2O. The molecule has 0 aliphatic heterocycles. The van der Waals surface area contributed by atoms with Crippen molar-refractivity contribution in [1.29, 1.82) is 0 Å². The lowest BCUT2D eigenvalue weighted by Gasteiger charge is -2.17. The molecule has 0 spiro atoms. The molecule has 1 fully saturated rings. The Hall–Kier alpha value is -2.00. The van der Waals surface area contributed by atoms with Crippen LogP contribution in [0.15, 0.2) is 48.5 Å². The summed E-state index contributed by atoms with van der Waals surface area (Å²) in [7, 11) is 4.07. The lowest BCUT2D eigenvalue weighted by atomic mass is 9.99. The van der Waals surface area contributed by atoms with Gasteiger partial charge in [0, 0.05) is 19.8 Å². The molecule has 110 valence electrons. The van der Waals surface area contributed by atoms with Crippen LogP contribution in [0.4, 0.5) is 5.69 Å². The summed E-state index contributed by atoms with van der Waals surface area (Å²) in [6.07, 6.45) is 2.75. The second-order valence-corrected chi connectivity index (χ2v) is 5.85. The van der Waals surface area contributed by atoms with Crippen molar-refractivity contribution >= 4 is 5.69 Å². The minimum Gasteiger partial charge on any atom is -0.490 e. The van der Waals surface area contributed by atoms with Crippen LogP contribution in [0, 0.1) is 0 Å². The van der Waals surface area contributed by atoms with E-state index >= 15 is 0 Å². The highest BCUT2D eigenvalue weighted by Crippen LogP contribution is 2.29. The van der Waals surface area contributed by atoms with Crippen LogP contribution in [-0.4, -0.2) is 20.2 Å². The summed E-state index contributed by atoms with van der Waals surface area (Å²) in [5.74, 6) is 0.926. The molecule has 1 aliphatic carbocycles. The fourth-order valence-corrected chi connectivity index (χ4v) is 2.33. The number of ether oxygens (including phenoxy) is 1. The second kappa shape index (κ2) is 5.78. The second-order valence-electron chi connectivity index (χ2n) is 5.85. The van der Waals surface area contributed by atoms with Gasteiger partial charge < -0.3 is 15.4 Å². The Balaban J connectivity index is 1.78. The fraction of sp³-hybridized carbons (Fsp3) is 0.333. The molecule has 3 heteroatoms. The van der Waals surface area contributed by atoms with Gasteiger partial charge in [-0.1, -0.05) is 24.3 Å². The van der Waals surface area contributed by atoms with Crippen molar-refractivity contribution in [2.75, 3.05) is 19.0 Å². The molecule has 0 saturated heterocycles. The zero-order valence-corrected chi connectivity index (χ0v) is 12.6. The van der Waals surface area contributed by atoms with Crippen LogP contribution < -0.4 is 15.4 Å². The quantitative estimate of drug-likeness (QED) is 0.914. The van der Waals surface area contributed by atoms with Crippen molar-refractivity contribution in [3.8, 4) is 5.75 Å². The number of hydrogen-bond donors (Lipinski definition) is 1. The normalized spacial score (nSPS) is 15.6. The van der Waals surface area contributed by atoms with E-state index in [2.05, 4.69) is 41.3 Å². The lowest BCUT2D eigenvalue weighted by Crippen LogP contribution is -2.13. The standard InChI is InChI=1S/C18H22N2O/c1-20(2)15-8-6-13(7-9-15)18(19)14-4-3-5-17(12-14)21-16-10-11-16/h3-9,12,16,18H,10-11,19H2,1-2H3. The number of anilines is 1. The molecule has 1 unspecified atom stereocenters. The molecule has 3 rings (SSSR count). The number of rotatable bonds is 5. The van der Waals surface area contributed by atoms with Crippen molar-refractivity contribution < 1.29 is 4.74 Å². The molecule has 0 amide bonds. The summed E-state index contributed by atoms with van der Waals surface area (Å²) < 4.78 is 5.84. The van der Waals surface area contributed by atoms with Gasteiger partial charge in [-0.3, -0.25) is 0 Å². The first kappa shape index (κ1) is 14.0. The van der Waals surface area contributed by atoms with Crippen molar-refractivity contribution in [3.63, 3.8) is 0 Å². The van der Waals surface area contributed by atoms with E-state index in [1.165, 1.54) is 18.5 Å². The lowest BCUT2D eigenvalue weighted by molar-refractivity contribution is 0.303. The molecule has 1 aliphatic rings. The Morgan fingerprint density at radius 2 is 1.76 bits per heavy atom. The fourth-order valence-electron chi connectivity index (χ4n) is 2.33. The van der Waals surface area contributed by atoms with Crippen LogP contribution in [0.1, 0.15) is 30.0 Å². The molecule has 0 radical (unpaired) electrons. The summed E-state index contributed by atoms with van der Waals surface area (Å²) in [6, 6.07) is 16.4. The molecule has 3 nitrogen and oxygen atoms in total. The Morgan fingerprint density at radius 1 is 1.05 bits per heavy atom. The molecular weight excluding hydrogens is 260 g/mol. The van der Waals surface area contributed by atoms with Crippen molar-refractivity contribution in [1.82, 2.24) is 0 Å². The van der Waals surface area contributed by atoms with Crippen LogP contribution in [0.5, 0.6) is 5.75 Å². The molecule has 2 N–H and O–H groups in total. The van der Waals surface area contributed by atoms with E-state index < -0.39 is 0 Å². The van der Waals surface area contributed by atoms with Gasteiger partial charge in [-0.2, -0.15) is 0 Å². The molecule has 0 heterocycles. The summed E-state index contributed by atoms with van der Waals surface area (Å²) in [5.41, 5.74) is 9.77. The first-order valence-electron chi connectivity index (χ1n) is 7.43. The monoisotopic (exact) mass is 282 g/mol. The maximum atomic E-state index is 6.39. The van der Waals surface area contributed by atoms with Gasteiger partial charge in [0.1, 0.15) is 5.75 Å². The Kier molecular flexibility index (Phi) is 3.84. The number of nitrogens with zero attached hydrogens (tertiary/aromatic N) is 1. The summed E-state index contributed by atoms with van der Waals surface area (Å²) >= 11 is 0. The van der Waals surface area contributed by atoms with Gasteiger partial charge in [0.05, 0.1) is 12.1 Å². The first-order valence-corrected chi connectivity index (χ1v) is 7.43. The smallest absolute Gasteiger partial charge is 0.120 e. The zero-order valence-electron chi connectivity index (χ0n) is 12.6. The largest absolute Gasteiger partial charge is 0.490 e. The van der Waals surface area contributed by atoms with Crippen LogP contribution in [-0.2, 0) is 0 Å². The summed E-state index contributed by atoms with van der Waals surface area (Å²) in [5, 5.41) is 0. The highest BCUT2D eigenvalue weighted by atomic mass is 16.5. The third kappa shape index (κ3) is 3.37. The number of nitrogens with two attached hydrogens (primary N) is 1. The van der Waals surface area contributed by atoms with Crippen molar-refractivity contribution in [3.05, 3.63) is 59.7 Å². The average molecular weight is 282 g/mol. The topological polar surface area (TPSA) is 38.5 Å². The molecule has 2 aromatic carbocycles. The Bertz CT molecular complexity index is 603. The van der Waals surface area contributed by atoms with E-state index in [4.69, 9.17) is 10.5 Å². The van der Waals surface area contributed by atoms with E-state index in [0.717, 1.165) is 16.9 Å². The van der Waals surface area contributed by atoms with E-state index in [1.807, 2.05) is 26.2 Å². The molecule has 0 bridgehead atoms. The van der Waals surface area contributed by atoms with Crippen LogP contribution in [0.2, 0.25) is 0 Å². The highest BCUT2D eigenvalue weighted by Gasteiger charge is 2.23. The van der Waals surface area contributed by atoms with Gasteiger partial charge >= 0.3 is 0 Å². The van der Waals surface area contributed by atoms with E-state index in [-0.39, 0.29) is 6.04 Å². The van der Waals surface area contributed by atoms with Gasteiger partial charge in [-0.05, 0) is 48.2 Å². The van der Waals surface area contributed by atoms with Crippen LogP contribution >= 0.6 is 0 Å². The Labute approximate surface area is 126 Å². The van der Waals surface area contributed by atoms with Crippen molar-refractivity contribution in [2.24, 2.45) is 5.73 Å². The van der Waals surface area contributed by atoms with E-state index in [0.29, 0.717) is 6.10 Å². The van der Waals surface area contributed by atoms with Gasteiger partial charge in [0.25, 0.3) is 0 Å². The predicted molar refractivity (Wildman–Crippen MR) is 86.9 cm³/mol. The predicted octanol–water partition coefficient (Wildman–Crippen LogP) is 3.34. The molecule has 2 aromatic rings. The third-order valence-electron chi connectivity index (χ3n) is 3.81. The average Bonchev–Trinajstić information content (AvgIpc) is 3.31.